The van der Waals surface area contributed by atoms with Crippen molar-refractivity contribution in [1.29, 1.82) is 0 Å². The first-order chi connectivity index (χ1) is 14.4. The number of aromatic nitrogens is 4. The second kappa shape index (κ2) is 9.80. The van der Waals surface area contributed by atoms with E-state index < -0.39 is 0 Å². The maximum absolute atomic E-state index is 5.59. The van der Waals surface area contributed by atoms with Crippen LogP contribution in [0.25, 0.3) is 11.1 Å². The maximum atomic E-state index is 5.59. The topological polar surface area (TPSA) is 100.0 Å². The lowest BCUT2D eigenvalue weighted by Gasteiger charge is -2.31. The molecule has 3 aromatic rings. The minimum absolute atomic E-state index is 0.273. The third-order valence-electron chi connectivity index (χ3n) is 5.82. The molecule has 1 unspecified atom stereocenters. The van der Waals surface area contributed by atoms with Gasteiger partial charge in [-0.25, -0.2) is 9.97 Å². The van der Waals surface area contributed by atoms with Crippen LogP contribution in [0.4, 0.5) is 5.95 Å². The van der Waals surface area contributed by atoms with E-state index in [1.165, 1.54) is 0 Å². The van der Waals surface area contributed by atoms with Gasteiger partial charge in [-0.1, -0.05) is 49.7 Å². The second-order valence-electron chi connectivity index (χ2n) is 8.08. The predicted molar refractivity (Wildman–Crippen MR) is 117 cm³/mol. The Hall–Kier alpha value is -2.80. The number of benzene rings is 1. The molecule has 0 amide bonds. The summed E-state index contributed by atoms with van der Waals surface area (Å²) in [6.07, 6.45) is 7.41. The van der Waals surface area contributed by atoms with Gasteiger partial charge in [-0.3, -0.25) is 0 Å². The molecule has 0 aliphatic rings. The van der Waals surface area contributed by atoms with Crippen molar-refractivity contribution in [3.63, 3.8) is 0 Å². The third kappa shape index (κ3) is 4.84. The van der Waals surface area contributed by atoms with Gasteiger partial charge in [0.05, 0.1) is 5.41 Å². The van der Waals surface area contributed by atoms with Crippen LogP contribution >= 0.6 is 0 Å². The van der Waals surface area contributed by atoms with E-state index >= 15 is 0 Å². The van der Waals surface area contributed by atoms with Gasteiger partial charge in [0.25, 0.3) is 0 Å². The molecule has 2 aromatic heterocycles. The first-order valence-corrected chi connectivity index (χ1v) is 10.5. The summed E-state index contributed by atoms with van der Waals surface area (Å²) in [6.45, 7) is 7.33. The molecule has 0 aliphatic carbocycles. The van der Waals surface area contributed by atoms with E-state index in [1.54, 1.807) is 19.5 Å². The average molecular weight is 410 g/mol. The minimum atomic E-state index is -0.353. The van der Waals surface area contributed by atoms with Crippen molar-refractivity contribution in [2.45, 2.75) is 51.9 Å². The van der Waals surface area contributed by atoms with Crippen LogP contribution in [0.2, 0.25) is 0 Å². The minimum Gasteiger partial charge on any atom is -0.385 e. The Morgan fingerprint density at radius 1 is 1.03 bits per heavy atom. The van der Waals surface area contributed by atoms with E-state index in [4.69, 9.17) is 20.0 Å². The highest BCUT2D eigenvalue weighted by Crippen LogP contribution is 2.38. The summed E-state index contributed by atoms with van der Waals surface area (Å²) in [4.78, 5) is 12.9. The monoisotopic (exact) mass is 409 g/mol. The number of ether oxygens (including phenoxy) is 1. The molecule has 160 valence electrons. The van der Waals surface area contributed by atoms with Crippen LogP contribution in [-0.4, -0.2) is 33.8 Å². The molecule has 0 saturated heterocycles. The summed E-state index contributed by atoms with van der Waals surface area (Å²) in [6, 6.07) is 8.38. The van der Waals surface area contributed by atoms with Crippen molar-refractivity contribution in [3.05, 3.63) is 53.9 Å². The maximum Gasteiger partial charge on any atom is 0.226 e. The number of unbranched alkanes of at least 4 members (excludes halogenated alkanes) is 2. The van der Waals surface area contributed by atoms with E-state index in [0.29, 0.717) is 5.89 Å². The highest BCUT2D eigenvalue weighted by atomic mass is 16.5. The SMILES string of the molecule is COCCCCCc1nc(C(C)(c2ccc(-c3cnc(N)nc3)cc2)C(C)C)no1. The average Bonchev–Trinajstić information content (AvgIpc) is 3.23. The molecule has 7 heteroatoms. The van der Waals surface area contributed by atoms with Gasteiger partial charge in [0.15, 0.2) is 5.82 Å². The summed E-state index contributed by atoms with van der Waals surface area (Å²) >= 11 is 0. The molecule has 1 aromatic carbocycles. The van der Waals surface area contributed by atoms with Crippen LogP contribution in [0, 0.1) is 5.92 Å². The van der Waals surface area contributed by atoms with Gasteiger partial charge in [-0.05, 0) is 36.8 Å². The van der Waals surface area contributed by atoms with Crippen LogP contribution in [0.15, 0.2) is 41.2 Å². The number of hydrogen-bond acceptors (Lipinski definition) is 7. The summed E-state index contributed by atoms with van der Waals surface area (Å²) in [5, 5.41) is 4.35. The van der Waals surface area contributed by atoms with Crippen molar-refractivity contribution in [1.82, 2.24) is 20.1 Å². The van der Waals surface area contributed by atoms with E-state index in [2.05, 4.69) is 60.2 Å². The number of methoxy groups -OCH3 is 1. The second-order valence-corrected chi connectivity index (χ2v) is 8.08. The third-order valence-corrected chi connectivity index (χ3v) is 5.82. The molecule has 0 bridgehead atoms. The smallest absolute Gasteiger partial charge is 0.226 e. The van der Waals surface area contributed by atoms with Gasteiger partial charge >= 0.3 is 0 Å². The highest BCUT2D eigenvalue weighted by molar-refractivity contribution is 5.62. The number of nitrogens with two attached hydrogens (primary N) is 1. The molecule has 0 saturated carbocycles. The van der Waals surface area contributed by atoms with E-state index in [1.807, 2.05) is 0 Å². The molecule has 1 atom stereocenters. The Balaban J connectivity index is 1.78. The molecule has 2 heterocycles. The van der Waals surface area contributed by atoms with E-state index in [0.717, 1.165) is 54.8 Å². The standard InChI is InChI=1S/C23H31N5O2/c1-16(2)23(3,21-27-20(30-28-21)8-6-5-7-13-29-4)19-11-9-17(10-12-19)18-14-25-22(24)26-15-18/h9-12,14-16H,5-8,13H2,1-4H3,(H2,24,25,26). The summed E-state index contributed by atoms with van der Waals surface area (Å²) < 4.78 is 10.7. The highest BCUT2D eigenvalue weighted by Gasteiger charge is 2.37. The Kier molecular flexibility index (Phi) is 7.15. The zero-order valence-electron chi connectivity index (χ0n) is 18.3. The van der Waals surface area contributed by atoms with Gasteiger partial charge in [0.1, 0.15) is 0 Å². The van der Waals surface area contributed by atoms with Gasteiger partial charge in [-0.2, -0.15) is 4.98 Å². The van der Waals surface area contributed by atoms with Gasteiger partial charge in [0.2, 0.25) is 11.8 Å². The van der Waals surface area contributed by atoms with Gasteiger partial charge in [0, 0.05) is 38.1 Å². The lowest BCUT2D eigenvalue weighted by molar-refractivity contribution is 0.192. The van der Waals surface area contributed by atoms with E-state index in [9.17, 15) is 0 Å². The van der Waals surface area contributed by atoms with Crippen LogP contribution in [0.5, 0.6) is 0 Å². The van der Waals surface area contributed by atoms with Crippen LogP contribution in [0.3, 0.4) is 0 Å². The number of aryl methyl sites for hydroxylation is 1. The van der Waals surface area contributed by atoms with E-state index in [-0.39, 0.29) is 17.3 Å². The molecule has 0 spiro atoms. The molecule has 7 nitrogen and oxygen atoms in total. The van der Waals surface area contributed by atoms with Crippen molar-refractivity contribution in [2.24, 2.45) is 5.92 Å². The first-order valence-electron chi connectivity index (χ1n) is 10.5. The van der Waals surface area contributed by atoms with Crippen molar-refractivity contribution >= 4 is 5.95 Å². The van der Waals surface area contributed by atoms with Gasteiger partial charge in [-0.15, -0.1) is 0 Å². The molecule has 3 rings (SSSR count). The van der Waals surface area contributed by atoms with Crippen LogP contribution in [-0.2, 0) is 16.6 Å². The number of anilines is 1. The molecule has 30 heavy (non-hydrogen) atoms. The predicted octanol–water partition coefficient (Wildman–Crippen LogP) is 4.43. The summed E-state index contributed by atoms with van der Waals surface area (Å²) in [5.74, 6) is 1.99. The zero-order valence-corrected chi connectivity index (χ0v) is 18.3. The quantitative estimate of drug-likeness (QED) is 0.494. The molecule has 0 fully saturated rings. The fourth-order valence-electron chi connectivity index (χ4n) is 3.48. The molecular weight excluding hydrogens is 378 g/mol. The molecular formula is C23H31N5O2. The normalized spacial score (nSPS) is 13.5. The lowest BCUT2D eigenvalue weighted by Crippen LogP contribution is -2.31. The van der Waals surface area contributed by atoms with Crippen molar-refractivity contribution in [3.8, 4) is 11.1 Å². The lowest BCUT2D eigenvalue weighted by atomic mass is 9.72. The summed E-state index contributed by atoms with van der Waals surface area (Å²) in [5.41, 5.74) is 8.34. The van der Waals surface area contributed by atoms with Crippen molar-refractivity contribution in [2.75, 3.05) is 19.5 Å². The summed E-state index contributed by atoms with van der Waals surface area (Å²) in [7, 11) is 1.73. The first kappa shape index (κ1) is 21.9. The number of nitrogen functional groups attached to an aromatic ring is 1. The fourth-order valence-corrected chi connectivity index (χ4v) is 3.48. The Labute approximate surface area is 178 Å². The van der Waals surface area contributed by atoms with Crippen LogP contribution in [0.1, 0.15) is 57.3 Å². The molecule has 0 aliphatic heterocycles. The fraction of sp³-hybridized carbons (Fsp3) is 0.478. The largest absolute Gasteiger partial charge is 0.385 e. The number of rotatable bonds is 10. The van der Waals surface area contributed by atoms with Gasteiger partial charge < -0.3 is 15.0 Å². The molecule has 2 N–H and O–H groups in total. The number of nitrogens with zero attached hydrogens (tertiary/aromatic N) is 4. The Bertz CT molecular complexity index is 922. The zero-order chi connectivity index (χ0) is 21.6. The Morgan fingerprint density at radius 2 is 1.73 bits per heavy atom. The molecule has 0 radical (unpaired) electrons. The number of hydrogen-bond donors (Lipinski definition) is 1. The van der Waals surface area contributed by atoms with Crippen LogP contribution < -0.4 is 5.73 Å². The van der Waals surface area contributed by atoms with Crippen molar-refractivity contribution < 1.29 is 9.26 Å². The Morgan fingerprint density at radius 3 is 2.37 bits per heavy atom.